The fourth-order valence-electron chi connectivity index (χ4n) is 5.55. The molecule has 1 aromatic rings. The molecule has 0 spiro atoms. The number of urea groups is 1. The number of ether oxygens (including phenoxy) is 1. The van der Waals surface area contributed by atoms with Gasteiger partial charge in [0, 0.05) is 19.7 Å². The number of nitrogens with zero attached hydrogens (tertiary/aromatic N) is 2. The van der Waals surface area contributed by atoms with E-state index in [4.69, 9.17) is 4.74 Å². The van der Waals surface area contributed by atoms with Gasteiger partial charge in [-0.3, -0.25) is 14.5 Å². The summed E-state index contributed by atoms with van der Waals surface area (Å²) in [5.41, 5.74) is 1.34. The number of carbonyl (C=O) groups is 3. The van der Waals surface area contributed by atoms with Crippen LogP contribution in [0.1, 0.15) is 56.6 Å². The topological polar surface area (TPSA) is 79.0 Å². The molecule has 7 heteroatoms. The number of carbonyl (C=O) groups excluding carboxylic acids is 3. The second-order valence-corrected chi connectivity index (χ2v) is 9.46. The number of benzene rings is 1. The molecule has 2 atom stereocenters. The van der Waals surface area contributed by atoms with Gasteiger partial charge in [-0.05, 0) is 56.1 Å². The number of hydrogen-bond acceptors (Lipinski definition) is 4. The van der Waals surface area contributed by atoms with Crippen LogP contribution in [0.5, 0.6) is 0 Å². The van der Waals surface area contributed by atoms with E-state index in [0.717, 1.165) is 43.2 Å². The van der Waals surface area contributed by atoms with Crippen molar-refractivity contribution >= 4 is 17.8 Å². The lowest BCUT2D eigenvalue weighted by Gasteiger charge is -2.41. The van der Waals surface area contributed by atoms with Gasteiger partial charge < -0.3 is 15.0 Å². The molecule has 7 nitrogen and oxygen atoms in total. The third-order valence-corrected chi connectivity index (χ3v) is 7.40. The number of likely N-dealkylation sites (tertiary alicyclic amines) is 1. The summed E-state index contributed by atoms with van der Waals surface area (Å²) in [7, 11) is 0. The van der Waals surface area contributed by atoms with Gasteiger partial charge >= 0.3 is 6.03 Å². The molecule has 0 aromatic heterocycles. The molecule has 0 saturated carbocycles. The summed E-state index contributed by atoms with van der Waals surface area (Å²) in [4.78, 5) is 42.5. The summed E-state index contributed by atoms with van der Waals surface area (Å²) >= 11 is 0. The predicted molar refractivity (Wildman–Crippen MR) is 121 cm³/mol. The fraction of sp³-hybridized carbons (Fsp3) is 0.640. The van der Waals surface area contributed by atoms with Crippen molar-refractivity contribution < 1.29 is 19.1 Å². The molecule has 4 amide bonds. The summed E-state index contributed by atoms with van der Waals surface area (Å²) in [6, 6.07) is 7.69. The van der Waals surface area contributed by atoms with Crippen molar-refractivity contribution in [2.45, 2.75) is 70.4 Å². The highest BCUT2D eigenvalue weighted by Gasteiger charge is 2.55. The van der Waals surface area contributed by atoms with Crippen LogP contribution in [0.3, 0.4) is 0 Å². The quantitative estimate of drug-likeness (QED) is 0.660. The molecule has 3 aliphatic heterocycles. The van der Waals surface area contributed by atoms with Gasteiger partial charge in [0.2, 0.25) is 5.91 Å². The van der Waals surface area contributed by atoms with E-state index < -0.39 is 5.54 Å². The SMILES string of the molecule is CCC[C@@]1(C2CCN(C(=O)Cc3ccccc3C)CC2)NC(=O)N(C[C@@H]2CCCO2)C1=O. The first-order valence-electron chi connectivity index (χ1n) is 12.0. The number of piperidine rings is 1. The first-order valence-corrected chi connectivity index (χ1v) is 12.0. The van der Waals surface area contributed by atoms with Gasteiger partial charge in [-0.2, -0.15) is 0 Å². The maximum atomic E-state index is 13.5. The van der Waals surface area contributed by atoms with Gasteiger partial charge in [0.15, 0.2) is 0 Å². The standard InChI is InChI=1S/C25H35N3O4/c1-3-12-25(23(30)28(24(31)26-25)17-21-9-6-15-32-21)20-10-13-27(14-11-20)22(29)16-19-8-5-4-7-18(19)2/h4-5,7-8,20-21H,3,6,9-17H2,1-2H3,(H,26,31)/t21-,25-/m0/s1. The van der Waals surface area contributed by atoms with Crippen LogP contribution in [0.4, 0.5) is 4.79 Å². The minimum atomic E-state index is -0.852. The van der Waals surface area contributed by atoms with E-state index in [0.29, 0.717) is 39.1 Å². The van der Waals surface area contributed by atoms with Crippen LogP contribution in [0, 0.1) is 12.8 Å². The molecule has 4 rings (SSSR count). The summed E-state index contributed by atoms with van der Waals surface area (Å²) in [6.07, 6.45) is 5.10. The highest BCUT2D eigenvalue weighted by atomic mass is 16.5. The molecule has 1 aromatic carbocycles. The Labute approximate surface area is 190 Å². The molecule has 32 heavy (non-hydrogen) atoms. The Morgan fingerprint density at radius 1 is 1.19 bits per heavy atom. The minimum Gasteiger partial charge on any atom is -0.376 e. The molecule has 0 unspecified atom stereocenters. The number of imide groups is 1. The second kappa shape index (κ2) is 9.61. The Hall–Kier alpha value is -2.41. The van der Waals surface area contributed by atoms with Gasteiger partial charge in [-0.15, -0.1) is 0 Å². The Bertz CT molecular complexity index is 858. The Morgan fingerprint density at radius 3 is 2.59 bits per heavy atom. The fourth-order valence-corrected chi connectivity index (χ4v) is 5.55. The van der Waals surface area contributed by atoms with Crippen LogP contribution in [0.15, 0.2) is 24.3 Å². The Balaban J connectivity index is 1.41. The lowest BCUT2D eigenvalue weighted by Crippen LogP contribution is -2.56. The van der Waals surface area contributed by atoms with Crippen molar-refractivity contribution in [3.8, 4) is 0 Å². The van der Waals surface area contributed by atoms with Gasteiger partial charge in [-0.25, -0.2) is 4.79 Å². The highest BCUT2D eigenvalue weighted by molar-refractivity contribution is 6.07. The molecule has 174 valence electrons. The van der Waals surface area contributed by atoms with Gasteiger partial charge in [0.25, 0.3) is 5.91 Å². The zero-order valence-corrected chi connectivity index (χ0v) is 19.3. The number of hydrogen-bond donors (Lipinski definition) is 1. The molecule has 0 aliphatic carbocycles. The average molecular weight is 442 g/mol. The molecule has 3 aliphatic rings. The van der Waals surface area contributed by atoms with E-state index in [1.807, 2.05) is 43.0 Å². The lowest BCUT2D eigenvalue weighted by molar-refractivity contribution is -0.136. The Kier molecular flexibility index (Phi) is 6.84. The van der Waals surface area contributed by atoms with E-state index in [1.165, 1.54) is 4.90 Å². The summed E-state index contributed by atoms with van der Waals surface area (Å²) < 4.78 is 5.66. The van der Waals surface area contributed by atoms with Crippen molar-refractivity contribution in [3.63, 3.8) is 0 Å². The summed E-state index contributed by atoms with van der Waals surface area (Å²) in [5.74, 6) is 0.0597. The zero-order chi connectivity index (χ0) is 22.7. The molecule has 3 saturated heterocycles. The monoisotopic (exact) mass is 441 g/mol. The largest absolute Gasteiger partial charge is 0.376 e. The predicted octanol–water partition coefficient (Wildman–Crippen LogP) is 3.05. The first-order chi connectivity index (χ1) is 15.4. The number of rotatable bonds is 7. The van der Waals surface area contributed by atoms with Gasteiger partial charge in [-0.1, -0.05) is 37.6 Å². The molecule has 3 heterocycles. The number of aryl methyl sites for hydroxylation is 1. The average Bonchev–Trinajstić information content (AvgIpc) is 3.39. The van der Waals surface area contributed by atoms with Crippen LogP contribution in [0.25, 0.3) is 0 Å². The van der Waals surface area contributed by atoms with Crippen LogP contribution >= 0.6 is 0 Å². The van der Waals surface area contributed by atoms with E-state index >= 15 is 0 Å². The van der Waals surface area contributed by atoms with Crippen LogP contribution in [-0.2, 0) is 20.7 Å². The van der Waals surface area contributed by atoms with Crippen molar-refractivity contribution in [3.05, 3.63) is 35.4 Å². The van der Waals surface area contributed by atoms with E-state index in [-0.39, 0.29) is 29.9 Å². The van der Waals surface area contributed by atoms with E-state index in [9.17, 15) is 14.4 Å². The molecule has 0 radical (unpaired) electrons. The van der Waals surface area contributed by atoms with Crippen molar-refractivity contribution in [1.29, 1.82) is 0 Å². The summed E-state index contributed by atoms with van der Waals surface area (Å²) in [5, 5.41) is 3.08. The minimum absolute atomic E-state index is 0.0379. The van der Waals surface area contributed by atoms with Crippen LogP contribution in [0.2, 0.25) is 0 Å². The third-order valence-electron chi connectivity index (χ3n) is 7.40. The molecule has 3 fully saturated rings. The van der Waals surface area contributed by atoms with Crippen LogP contribution < -0.4 is 5.32 Å². The summed E-state index contributed by atoms with van der Waals surface area (Å²) in [6.45, 7) is 6.35. The zero-order valence-electron chi connectivity index (χ0n) is 19.3. The van der Waals surface area contributed by atoms with Gasteiger partial charge in [0.1, 0.15) is 5.54 Å². The van der Waals surface area contributed by atoms with Crippen molar-refractivity contribution in [2.75, 3.05) is 26.2 Å². The number of amides is 4. The molecular weight excluding hydrogens is 406 g/mol. The van der Waals surface area contributed by atoms with Gasteiger partial charge in [0.05, 0.1) is 19.1 Å². The smallest absolute Gasteiger partial charge is 0.325 e. The number of nitrogens with one attached hydrogen (secondary N) is 1. The van der Waals surface area contributed by atoms with E-state index in [1.54, 1.807) is 0 Å². The lowest BCUT2D eigenvalue weighted by atomic mass is 9.74. The van der Waals surface area contributed by atoms with Crippen molar-refractivity contribution in [2.24, 2.45) is 5.92 Å². The first kappa shape index (κ1) is 22.8. The molecule has 1 N–H and O–H groups in total. The molecular formula is C25H35N3O4. The second-order valence-electron chi connectivity index (χ2n) is 9.46. The Morgan fingerprint density at radius 2 is 1.94 bits per heavy atom. The highest BCUT2D eigenvalue weighted by Crippen LogP contribution is 2.37. The van der Waals surface area contributed by atoms with Crippen molar-refractivity contribution in [1.82, 2.24) is 15.1 Å². The maximum absolute atomic E-state index is 13.5. The van der Waals surface area contributed by atoms with E-state index in [2.05, 4.69) is 5.32 Å². The maximum Gasteiger partial charge on any atom is 0.325 e. The normalized spacial score (nSPS) is 26.6. The third kappa shape index (κ3) is 4.40. The van der Waals surface area contributed by atoms with Crippen LogP contribution in [-0.4, -0.2) is 65.5 Å². The molecule has 0 bridgehead atoms.